The van der Waals surface area contributed by atoms with Crippen LogP contribution in [0.5, 0.6) is 5.75 Å². The number of pyridine rings is 1. The molecule has 0 spiro atoms. The Kier molecular flexibility index (Phi) is 2.13. The molecule has 0 N–H and O–H groups in total. The van der Waals surface area contributed by atoms with Gasteiger partial charge in [0.15, 0.2) is 0 Å². The smallest absolute Gasteiger partial charge is 0.139 e. The lowest BCUT2D eigenvalue weighted by molar-refractivity contribution is 0.355. The largest absolute Gasteiger partial charge is 0.491 e. The van der Waals surface area contributed by atoms with Crippen molar-refractivity contribution in [1.82, 2.24) is 9.38 Å². The molecule has 84 valence electrons. The van der Waals surface area contributed by atoms with E-state index in [1.165, 1.54) is 17.0 Å². The first-order chi connectivity index (χ1) is 7.83. The van der Waals surface area contributed by atoms with E-state index in [2.05, 4.69) is 35.5 Å². The summed E-state index contributed by atoms with van der Waals surface area (Å²) in [5.74, 6) is 1.03. The Balaban J connectivity index is 2.28. The Hall–Kier alpha value is -1.51. The molecule has 3 rings (SSSR count). The van der Waals surface area contributed by atoms with Crippen LogP contribution in [0.1, 0.15) is 30.8 Å². The molecule has 0 unspecified atom stereocenters. The molecular weight excluding hydrogens is 200 g/mol. The van der Waals surface area contributed by atoms with Gasteiger partial charge in [0, 0.05) is 17.7 Å². The lowest BCUT2D eigenvalue weighted by Crippen LogP contribution is -1.95. The van der Waals surface area contributed by atoms with E-state index in [9.17, 15) is 0 Å². The van der Waals surface area contributed by atoms with Crippen molar-refractivity contribution in [1.29, 1.82) is 0 Å². The second-order valence-electron chi connectivity index (χ2n) is 4.20. The summed E-state index contributed by atoms with van der Waals surface area (Å²) in [5.41, 5.74) is 4.89. The van der Waals surface area contributed by atoms with Crippen molar-refractivity contribution in [3.05, 3.63) is 29.2 Å². The second-order valence-corrected chi connectivity index (χ2v) is 4.20. The molecule has 3 nitrogen and oxygen atoms in total. The van der Waals surface area contributed by atoms with Gasteiger partial charge in [0.05, 0.1) is 18.5 Å². The third-order valence-electron chi connectivity index (χ3n) is 3.29. The maximum atomic E-state index is 5.60. The first kappa shape index (κ1) is 9.70. The molecule has 0 aliphatic carbocycles. The van der Waals surface area contributed by atoms with Gasteiger partial charge in [-0.2, -0.15) is 0 Å². The SMILES string of the molecule is CCc1nc2cc3c(cn2c1CC)OCC3. The van der Waals surface area contributed by atoms with Crippen molar-refractivity contribution in [2.75, 3.05) is 6.61 Å². The summed E-state index contributed by atoms with van der Waals surface area (Å²) >= 11 is 0. The molecule has 16 heavy (non-hydrogen) atoms. The molecule has 0 saturated carbocycles. The molecule has 0 aromatic carbocycles. The van der Waals surface area contributed by atoms with Gasteiger partial charge < -0.3 is 9.14 Å². The zero-order valence-corrected chi connectivity index (χ0v) is 9.79. The molecule has 0 atom stereocenters. The molecule has 0 bridgehead atoms. The molecular formula is C13H16N2O. The maximum absolute atomic E-state index is 5.60. The molecule has 0 saturated heterocycles. The number of aryl methyl sites for hydroxylation is 2. The van der Waals surface area contributed by atoms with Crippen LogP contribution < -0.4 is 4.74 Å². The van der Waals surface area contributed by atoms with Crippen LogP contribution in [0.3, 0.4) is 0 Å². The van der Waals surface area contributed by atoms with Gasteiger partial charge >= 0.3 is 0 Å². The topological polar surface area (TPSA) is 26.5 Å². The highest BCUT2D eigenvalue weighted by Crippen LogP contribution is 2.27. The average Bonchev–Trinajstić information content (AvgIpc) is 2.87. The van der Waals surface area contributed by atoms with Gasteiger partial charge in [-0.05, 0) is 18.9 Å². The van der Waals surface area contributed by atoms with Crippen LogP contribution in [0.2, 0.25) is 0 Å². The summed E-state index contributed by atoms with van der Waals surface area (Å²) in [6.07, 6.45) is 5.13. The lowest BCUT2D eigenvalue weighted by Gasteiger charge is -2.03. The molecule has 1 aliphatic rings. The summed E-state index contributed by atoms with van der Waals surface area (Å²) in [7, 11) is 0. The van der Waals surface area contributed by atoms with E-state index in [4.69, 9.17) is 4.74 Å². The van der Waals surface area contributed by atoms with E-state index >= 15 is 0 Å². The van der Waals surface area contributed by atoms with Crippen LogP contribution in [0.4, 0.5) is 0 Å². The second kappa shape index (κ2) is 3.51. The summed E-state index contributed by atoms with van der Waals surface area (Å²) in [6, 6.07) is 2.17. The number of imidazole rings is 1. The van der Waals surface area contributed by atoms with Crippen LogP contribution >= 0.6 is 0 Å². The Morgan fingerprint density at radius 1 is 1.38 bits per heavy atom. The van der Waals surface area contributed by atoms with Crippen LogP contribution in [-0.4, -0.2) is 16.0 Å². The fourth-order valence-corrected chi connectivity index (χ4v) is 2.46. The Morgan fingerprint density at radius 3 is 3.00 bits per heavy atom. The van der Waals surface area contributed by atoms with Crippen LogP contribution in [0.15, 0.2) is 12.3 Å². The zero-order valence-electron chi connectivity index (χ0n) is 9.79. The highest BCUT2D eigenvalue weighted by atomic mass is 16.5. The average molecular weight is 216 g/mol. The van der Waals surface area contributed by atoms with Crippen molar-refractivity contribution in [3.63, 3.8) is 0 Å². The predicted molar refractivity (Wildman–Crippen MR) is 63.1 cm³/mol. The number of fused-ring (bicyclic) bond motifs is 2. The van der Waals surface area contributed by atoms with Crippen molar-refractivity contribution in [3.8, 4) is 5.75 Å². The number of hydrogen-bond donors (Lipinski definition) is 0. The predicted octanol–water partition coefficient (Wildman–Crippen LogP) is 2.39. The Morgan fingerprint density at radius 2 is 2.25 bits per heavy atom. The fraction of sp³-hybridized carbons (Fsp3) is 0.462. The molecule has 3 heteroatoms. The van der Waals surface area contributed by atoms with Crippen molar-refractivity contribution in [2.24, 2.45) is 0 Å². The maximum Gasteiger partial charge on any atom is 0.139 e. The number of nitrogens with zero attached hydrogens (tertiary/aromatic N) is 2. The van der Waals surface area contributed by atoms with E-state index in [0.29, 0.717) is 0 Å². The van der Waals surface area contributed by atoms with Gasteiger partial charge in [-0.15, -0.1) is 0 Å². The minimum absolute atomic E-state index is 0.810. The van der Waals surface area contributed by atoms with Gasteiger partial charge in [-0.1, -0.05) is 13.8 Å². The standard InChI is InChI=1S/C13H16N2O/c1-3-10-11(4-2)15-8-12-9(5-6-16-12)7-13(15)14-10/h7-8H,3-6H2,1-2H3. The van der Waals surface area contributed by atoms with Gasteiger partial charge in [0.2, 0.25) is 0 Å². The molecule has 0 radical (unpaired) electrons. The van der Waals surface area contributed by atoms with E-state index in [1.54, 1.807) is 0 Å². The fourth-order valence-electron chi connectivity index (χ4n) is 2.46. The third kappa shape index (κ3) is 1.24. The number of aromatic nitrogens is 2. The van der Waals surface area contributed by atoms with Gasteiger partial charge in [-0.25, -0.2) is 4.98 Å². The molecule has 3 heterocycles. The minimum Gasteiger partial charge on any atom is -0.491 e. The quantitative estimate of drug-likeness (QED) is 0.770. The van der Waals surface area contributed by atoms with E-state index in [0.717, 1.165) is 37.3 Å². The molecule has 0 fully saturated rings. The summed E-state index contributed by atoms with van der Waals surface area (Å²) < 4.78 is 7.78. The molecule has 2 aromatic heterocycles. The zero-order chi connectivity index (χ0) is 11.1. The number of ether oxygens (including phenoxy) is 1. The van der Waals surface area contributed by atoms with Crippen LogP contribution in [0, 0.1) is 0 Å². The molecule has 0 amide bonds. The number of hydrogen-bond acceptors (Lipinski definition) is 2. The van der Waals surface area contributed by atoms with Gasteiger partial charge in [-0.3, -0.25) is 0 Å². The summed E-state index contributed by atoms with van der Waals surface area (Å²) in [6.45, 7) is 5.15. The normalized spacial score (nSPS) is 14.1. The van der Waals surface area contributed by atoms with E-state index in [-0.39, 0.29) is 0 Å². The third-order valence-corrected chi connectivity index (χ3v) is 3.29. The first-order valence-electron chi connectivity index (χ1n) is 5.99. The van der Waals surface area contributed by atoms with Crippen molar-refractivity contribution >= 4 is 5.65 Å². The van der Waals surface area contributed by atoms with E-state index in [1.807, 2.05) is 0 Å². The monoisotopic (exact) mass is 216 g/mol. The highest BCUT2D eigenvalue weighted by Gasteiger charge is 2.16. The van der Waals surface area contributed by atoms with Crippen LogP contribution in [-0.2, 0) is 19.3 Å². The Bertz CT molecular complexity index is 542. The highest BCUT2D eigenvalue weighted by molar-refractivity contribution is 5.51. The minimum atomic E-state index is 0.810. The summed E-state index contributed by atoms with van der Waals surface area (Å²) in [5, 5.41) is 0. The Labute approximate surface area is 95.1 Å². The van der Waals surface area contributed by atoms with E-state index < -0.39 is 0 Å². The lowest BCUT2D eigenvalue weighted by atomic mass is 10.2. The van der Waals surface area contributed by atoms with Crippen LogP contribution in [0.25, 0.3) is 5.65 Å². The van der Waals surface area contributed by atoms with Crippen molar-refractivity contribution in [2.45, 2.75) is 33.1 Å². The first-order valence-corrected chi connectivity index (χ1v) is 5.99. The molecule has 2 aromatic rings. The van der Waals surface area contributed by atoms with Crippen molar-refractivity contribution < 1.29 is 4.74 Å². The van der Waals surface area contributed by atoms with Gasteiger partial charge in [0.25, 0.3) is 0 Å². The summed E-state index contributed by atoms with van der Waals surface area (Å²) in [4.78, 5) is 4.69. The molecule has 1 aliphatic heterocycles. The van der Waals surface area contributed by atoms with Gasteiger partial charge in [0.1, 0.15) is 11.4 Å². The number of rotatable bonds is 2.